The van der Waals surface area contributed by atoms with Crippen molar-refractivity contribution in [2.24, 2.45) is 0 Å². The molecule has 7 nitrogen and oxygen atoms in total. The number of rotatable bonds is 7. The van der Waals surface area contributed by atoms with Gasteiger partial charge < -0.3 is 15.0 Å². The minimum atomic E-state index is -3.55. The van der Waals surface area contributed by atoms with E-state index < -0.39 is 10.0 Å². The number of quaternary nitrogens is 1. The number of carbonyl (C=O) groups excluding carboxylic acids is 1. The molecule has 1 atom stereocenters. The Morgan fingerprint density at radius 1 is 1.10 bits per heavy atom. The summed E-state index contributed by atoms with van der Waals surface area (Å²) in [4.78, 5) is 13.9. The minimum Gasteiger partial charge on any atom is -0.494 e. The third-order valence-electron chi connectivity index (χ3n) is 5.18. The summed E-state index contributed by atoms with van der Waals surface area (Å²) in [5.74, 6) is 0.591. The van der Waals surface area contributed by atoms with Crippen LogP contribution in [0.1, 0.15) is 13.8 Å². The van der Waals surface area contributed by atoms with Crippen molar-refractivity contribution in [3.63, 3.8) is 0 Å². The molecule has 1 fully saturated rings. The number of carbonyl (C=O) groups is 1. The van der Waals surface area contributed by atoms with Gasteiger partial charge in [0.25, 0.3) is 5.91 Å². The monoisotopic (exact) mass is 418 g/mol. The molecular formula is C21H28N3O4S+. The highest BCUT2D eigenvalue weighted by Gasteiger charge is 2.34. The summed E-state index contributed by atoms with van der Waals surface area (Å²) in [5, 5.41) is 2.92. The van der Waals surface area contributed by atoms with Crippen molar-refractivity contribution in [2.45, 2.75) is 24.8 Å². The van der Waals surface area contributed by atoms with Crippen LogP contribution in [0.4, 0.5) is 5.69 Å². The molecule has 1 amide bonds. The summed E-state index contributed by atoms with van der Waals surface area (Å²) in [6, 6.07) is 15.6. The lowest BCUT2D eigenvalue weighted by Gasteiger charge is -2.34. The van der Waals surface area contributed by atoms with Crippen molar-refractivity contribution in [3.8, 4) is 5.75 Å². The van der Waals surface area contributed by atoms with Gasteiger partial charge in [0.05, 0.1) is 37.7 Å². The van der Waals surface area contributed by atoms with Gasteiger partial charge in [0, 0.05) is 5.69 Å². The smallest absolute Gasteiger partial charge is 0.282 e. The lowest BCUT2D eigenvalue weighted by molar-refractivity contribution is -0.917. The Hall–Kier alpha value is -2.42. The summed E-state index contributed by atoms with van der Waals surface area (Å²) in [5.41, 5.74) is 0.764. The molecule has 156 valence electrons. The zero-order chi connectivity index (χ0) is 20.9. The molecule has 2 aromatic rings. The second-order valence-electron chi connectivity index (χ2n) is 7.04. The van der Waals surface area contributed by atoms with E-state index in [9.17, 15) is 13.2 Å². The molecule has 29 heavy (non-hydrogen) atoms. The maximum Gasteiger partial charge on any atom is 0.282 e. The second kappa shape index (κ2) is 9.39. The van der Waals surface area contributed by atoms with Gasteiger partial charge in [0.15, 0.2) is 6.04 Å². The molecule has 0 aliphatic carbocycles. The quantitative estimate of drug-likeness (QED) is 0.703. The van der Waals surface area contributed by atoms with Crippen molar-refractivity contribution in [1.29, 1.82) is 0 Å². The molecule has 0 saturated carbocycles. The number of ether oxygens (including phenoxy) is 1. The van der Waals surface area contributed by atoms with E-state index in [0.29, 0.717) is 38.5 Å². The van der Waals surface area contributed by atoms with Gasteiger partial charge in [-0.1, -0.05) is 18.2 Å². The fourth-order valence-electron chi connectivity index (χ4n) is 3.43. The molecule has 2 aromatic carbocycles. The van der Waals surface area contributed by atoms with Crippen LogP contribution in [0.3, 0.4) is 0 Å². The molecule has 3 rings (SSSR count). The first-order valence-electron chi connectivity index (χ1n) is 9.85. The molecule has 0 aromatic heterocycles. The molecule has 1 heterocycles. The van der Waals surface area contributed by atoms with Crippen LogP contribution in [0.15, 0.2) is 59.5 Å². The van der Waals surface area contributed by atoms with Crippen LogP contribution in [-0.2, 0) is 14.8 Å². The molecule has 0 spiro atoms. The number of para-hydroxylation sites is 1. The molecule has 1 aliphatic rings. The van der Waals surface area contributed by atoms with Crippen LogP contribution in [0.2, 0.25) is 0 Å². The van der Waals surface area contributed by atoms with Gasteiger partial charge in [-0.3, -0.25) is 4.79 Å². The molecule has 8 heteroatoms. The van der Waals surface area contributed by atoms with Gasteiger partial charge in [-0.15, -0.1) is 0 Å². The normalized spacial score (nSPS) is 16.9. The van der Waals surface area contributed by atoms with E-state index in [1.54, 1.807) is 24.3 Å². The van der Waals surface area contributed by atoms with Crippen LogP contribution in [0.25, 0.3) is 0 Å². The first-order valence-corrected chi connectivity index (χ1v) is 11.3. The summed E-state index contributed by atoms with van der Waals surface area (Å²) in [6.45, 7) is 6.23. The van der Waals surface area contributed by atoms with E-state index in [4.69, 9.17) is 4.74 Å². The van der Waals surface area contributed by atoms with Crippen molar-refractivity contribution in [3.05, 3.63) is 54.6 Å². The molecule has 1 saturated heterocycles. The third kappa shape index (κ3) is 5.14. The van der Waals surface area contributed by atoms with Gasteiger partial charge in [-0.25, -0.2) is 8.42 Å². The number of nitrogens with one attached hydrogen (secondary N) is 2. The summed E-state index contributed by atoms with van der Waals surface area (Å²) in [6.07, 6.45) is 0. The molecule has 0 bridgehead atoms. The number of sulfonamides is 1. The Balaban J connectivity index is 1.58. The fourth-order valence-corrected chi connectivity index (χ4v) is 4.87. The van der Waals surface area contributed by atoms with E-state index in [1.165, 1.54) is 4.31 Å². The number of benzene rings is 2. The van der Waals surface area contributed by atoms with E-state index in [0.717, 1.165) is 10.6 Å². The highest BCUT2D eigenvalue weighted by Crippen LogP contribution is 2.19. The van der Waals surface area contributed by atoms with Gasteiger partial charge in [-0.05, 0) is 50.2 Å². The van der Waals surface area contributed by atoms with E-state index >= 15 is 0 Å². The van der Waals surface area contributed by atoms with Crippen molar-refractivity contribution < 1.29 is 22.8 Å². The third-order valence-corrected chi connectivity index (χ3v) is 7.10. The molecular weight excluding hydrogens is 390 g/mol. The van der Waals surface area contributed by atoms with Crippen molar-refractivity contribution in [1.82, 2.24) is 4.31 Å². The van der Waals surface area contributed by atoms with Crippen LogP contribution < -0.4 is 15.0 Å². The van der Waals surface area contributed by atoms with Crippen molar-refractivity contribution >= 4 is 21.6 Å². The maximum absolute atomic E-state index is 12.9. The zero-order valence-electron chi connectivity index (χ0n) is 16.8. The van der Waals surface area contributed by atoms with E-state index in [-0.39, 0.29) is 16.8 Å². The Bertz CT molecular complexity index is 909. The van der Waals surface area contributed by atoms with Gasteiger partial charge in [0.1, 0.15) is 5.75 Å². The minimum absolute atomic E-state index is 0.0611. The first-order chi connectivity index (χ1) is 13.9. The number of hydrogen-bond acceptors (Lipinski definition) is 4. The zero-order valence-corrected chi connectivity index (χ0v) is 17.6. The average molecular weight is 419 g/mol. The Kier molecular flexibility index (Phi) is 6.89. The standard InChI is InChI=1S/C21H27N3O4S/c1-3-28-19-9-11-20(12-10-19)29(26,27)24-15-13-23(14-16-24)17(2)21(25)22-18-7-5-4-6-8-18/h4-12,17H,3,13-16H2,1-2H3,(H,22,25)/p+1/t17-/m1/s1. The lowest BCUT2D eigenvalue weighted by atomic mass is 10.2. The van der Waals surface area contributed by atoms with Gasteiger partial charge in [0.2, 0.25) is 10.0 Å². The number of anilines is 1. The first kappa shape index (κ1) is 21.3. The average Bonchev–Trinajstić information content (AvgIpc) is 2.74. The summed E-state index contributed by atoms with van der Waals surface area (Å²) < 4.78 is 32.7. The van der Waals surface area contributed by atoms with Gasteiger partial charge >= 0.3 is 0 Å². The topological polar surface area (TPSA) is 80.2 Å². The summed E-state index contributed by atoms with van der Waals surface area (Å²) in [7, 11) is -3.55. The largest absolute Gasteiger partial charge is 0.494 e. The summed E-state index contributed by atoms with van der Waals surface area (Å²) >= 11 is 0. The predicted molar refractivity (Wildman–Crippen MR) is 112 cm³/mol. The van der Waals surface area contributed by atoms with Crippen LogP contribution in [0, 0.1) is 0 Å². The Morgan fingerprint density at radius 3 is 2.31 bits per heavy atom. The molecule has 0 unspecified atom stereocenters. The Labute approximate surface area is 172 Å². The lowest BCUT2D eigenvalue weighted by Crippen LogP contribution is -3.19. The Morgan fingerprint density at radius 2 is 1.72 bits per heavy atom. The molecule has 1 aliphatic heterocycles. The number of piperazine rings is 1. The highest BCUT2D eigenvalue weighted by molar-refractivity contribution is 7.89. The molecule has 2 N–H and O–H groups in total. The second-order valence-corrected chi connectivity index (χ2v) is 8.98. The SMILES string of the molecule is CCOc1ccc(S(=O)(=O)N2CC[NH+]([C@H](C)C(=O)Nc3ccccc3)CC2)cc1. The number of hydrogen-bond donors (Lipinski definition) is 2. The van der Waals surface area contributed by atoms with Crippen LogP contribution in [0.5, 0.6) is 5.75 Å². The van der Waals surface area contributed by atoms with Crippen molar-refractivity contribution in [2.75, 3.05) is 38.1 Å². The van der Waals surface area contributed by atoms with Crippen LogP contribution in [-0.4, -0.2) is 57.5 Å². The number of nitrogens with zero attached hydrogens (tertiary/aromatic N) is 1. The fraction of sp³-hybridized carbons (Fsp3) is 0.381. The van der Waals surface area contributed by atoms with E-state index in [2.05, 4.69) is 5.32 Å². The predicted octanol–water partition coefficient (Wildman–Crippen LogP) is 1.00. The maximum atomic E-state index is 12.9. The van der Waals surface area contributed by atoms with E-state index in [1.807, 2.05) is 44.2 Å². The van der Waals surface area contributed by atoms with Crippen LogP contribution >= 0.6 is 0 Å². The van der Waals surface area contributed by atoms with Gasteiger partial charge in [-0.2, -0.15) is 4.31 Å². The molecule has 0 radical (unpaired) electrons. The highest BCUT2D eigenvalue weighted by atomic mass is 32.2. The number of amides is 1.